The Morgan fingerprint density at radius 3 is 2.47 bits per heavy atom. The number of hydrogen-bond donors (Lipinski definition) is 0. The number of hydrogen-bond acceptors (Lipinski definition) is 5. The normalized spacial score (nSPS) is 14.4. The number of pyridine rings is 1. The van der Waals surface area contributed by atoms with Crippen molar-refractivity contribution in [3.05, 3.63) is 83.3 Å². The van der Waals surface area contributed by atoms with E-state index in [1.807, 2.05) is 4.57 Å². The van der Waals surface area contributed by atoms with Gasteiger partial charge in [-0.15, -0.1) is 0 Å². The highest BCUT2D eigenvalue weighted by molar-refractivity contribution is 5.94. The van der Waals surface area contributed by atoms with Crippen molar-refractivity contribution >= 4 is 22.8 Å². The van der Waals surface area contributed by atoms with Gasteiger partial charge in [0, 0.05) is 51.4 Å². The zero-order valence-electron chi connectivity index (χ0n) is 20.0. The zero-order valence-corrected chi connectivity index (χ0v) is 20.0. The molecular formula is C26H25F3N6O. The van der Waals surface area contributed by atoms with E-state index in [0.717, 1.165) is 12.8 Å². The fourth-order valence-electron chi connectivity index (χ4n) is 4.70. The molecule has 1 aliphatic rings. The molecule has 0 aliphatic carbocycles. The van der Waals surface area contributed by atoms with E-state index in [9.17, 15) is 13.6 Å². The highest BCUT2D eigenvalue weighted by atomic mass is 19.1. The fraction of sp³-hybridized carbons (Fsp3) is 0.308. The van der Waals surface area contributed by atoms with Gasteiger partial charge >= 0.3 is 0 Å². The van der Waals surface area contributed by atoms with Crippen molar-refractivity contribution in [2.75, 3.05) is 32.1 Å². The fourth-order valence-corrected chi connectivity index (χ4v) is 4.70. The van der Waals surface area contributed by atoms with Crippen molar-refractivity contribution < 1.29 is 18.0 Å². The van der Waals surface area contributed by atoms with Gasteiger partial charge in [0.05, 0.1) is 17.3 Å². The first-order valence-electron chi connectivity index (χ1n) is 11.7. The topological polar surface area (TPSA) is 67.2 Å². The molecule has 0 spiro atoms. The number of fused-ring (bicyclic) bond motifs is 1. The SMILES string of the molecule is CN(C)C(=O)c1ccc(Cc2ncnc3c2c(F)cn3C2CCN(c3ccc(F)cn3)CC2)c(F)c1. The van der Waals surface area contributed by atoms with Gasteiger partial charge in [-0.1, -0.05) is 6.07 Å². The molecule has 1 amide bonds. The maximum Gasteiger partial charge on any atom is 0.253 e. The molecule has 3 aromatic heterocycles. The Balaban J connectivity index is 1.38. The Kier molecular flexibility index (Phi) is 6.34. The van der Waals surface area contributed by atoms with Crippen LogP contribution in [0, 0.1) is 17.5 Å². The first-order valence-corrected chi connectivity index (χ1v) is 11.7. The van der Waals surface area contributed by atoms with Crippen molar-refractivity contribution in [2.45, 2.75) is 25.3 Å². The molecule has 7 nitrogen and oxygen atoms in total. The van der Waals surface area contributed by atoms with Crippen LogP contribution < -0.4 is 4.90 Å². The lowest BCUT2D eigenvalue weighted by atomic mass is 10.0. The van der Waals surface area contributed by atoms with Crippen LogP contribution >= 0.6 is 0 Å². The Morgan fingerprint density at radius 1 is 1.03 bits per heavy atom. The minimum atomic E-state index is -0.545. The average Bonchev–Trinajstić information content (AvgIpc) is 3.22. The summed E-state index contributed by atoms with van der Waals surface area (Å²) in [5, 5.41) is 0.271. The number of carbonyl (C=O) groups is 1. The van der Waals surface area contributed by atoms with Gasteiger partial charge in [0.25, 0.3) is 5.91 Å². The Morgan fingerprint density at radius 2 is 1.81 bits per heavy atom. The maximum atomic E-state index is 15.2. The van der Waals surface area contributed by atoms with Gasteiger partial charge in [0.15, 0.2) is 5.82 Å². The number of piperidine rings is 1. The van der Waals surface area contributed by atoms with Crippen LogP contribution in [-0.2, 0) is 6.42 Å². The molecule has 0 N–H and O–H groups in total. The monoisotopic (exact) mass is 494 g/mol. The number of rotatable bonds is 5. The number of nitrogens with zero attached hydrogens (tertiary/aromatic N) is 6. The third kappa shape index (κ3) is 4.50. The molecule has 0 radical (unpaired) electrons. The maximum absolute atomic E-state index is 15.2. The molecule has 1 aromatic carbocycles. The third-order valence-electron chi connectivity index (χ3n) is 6.60. The summed E-state index contributed by atoms with van der Waals surface area (Å²) in [6.45, 7) is 1.37. The van der Waals surface area contributed by atoms with Crippen LogP contribution in [-0.4, -0.2) is 57.5 Å². The molecule has 1 saturated heterocycles. The van der Waals surface area contributed by atoms with E-state index in [2.05, 4.69) is 19.9 Å². The van der Waals surface area contributed by atoms with Crippen LogP contribution in [0.2, 0.25) is 0 Å². The Labute approximate surface area is 206 Å². The second-order valence-electron chi connectivity index (χ2n) is 9.14. The predicted molar refractivity (Wildman–Crippen MR) is 129 cm³/mol. The molecule has 0 saturated carbocycles. The summed E-state index contributed by atoms with van der Waals surface area (Å²) >= 11 is 0. The molecule has 1 aliphatic heterocycles. The number of benzene rings is 1. The van der Waals surface area contributed by atoms with Crippen LogP contribution in [0.5, 0.6) is 0 Å². The van der Waals surface area contributed by atoms with E-state index in [-0.39, 0.29) is 35.1 Å². The zero-order chi connectivity index (χ0) is 25.4. The Hall–Kier alpha value is -3.95. The first kappa shape index (κ1) is 23.8. The summed E-state index contributed by atoms with van der Waals surface area (Å²) in [4.78, 5) is 28.3. The second-order valence-corrected chi connectivity index (χ2v) is 9.14. The van der Waals surface area contributed by atoms with Crippen molar-refractivity contribution in [2.24, 2.45) is 0 Å². The molecule has 0 unspecified atom stereocenters. The van der Waals surface area contributed by atoms with E-state index in [1.54, 1.807) is 26.2 Å². The molecule has 10 heteroatoms. The quantitative estimate of drug-likeness (QED) is 0.412. The number of amides is 1. The van der Waals surface area contributed by atoms with Crippen molar-refractivity contribution in [3.63, 3.8) is 0 Å². The van der Waals surface area contributed by atoms with Crippen LogP contribution in [0.25, 0.3) is 11.0 Å². The van der Waals surface area contributed by atoms with E-state index in [1.165, 1.54) is 41.8 Å². The summed E-state index contributed by atoms with van der Waals surface area (Å²) in [6, 6.07) is 7.35. The minimum Gasteiger partial charge on any atom is -0.356 e. The molecule has 36 heavy (non-hydrogen) atoms. The highest BCUT2D eigenvalue weighted by Crippen LogP contribution is 2.31. The predicted octanol–water partition coefficient (Wildman–Crippen LogP) is 4.38. The van der Waals surface area contributed by atoms with Crippen LogP contribution in [0.3, 0.4) is 0 Å². The van der Waals surface area contributed by atoms with Gasteiger partial charge in [0.2, 0.25) is 0 Å². The van der Waals surface area contributed by atoms with Gasteiger partial charge < -0.3 is 14.4 Å². The van der Waals surface area contributed by atoms with Crippen molar-refractivity contribution in [1.29, 1.82) is 0 Å². The lowest BCUT2D eigenvalue weighted by Crippen LogP contribution is -2.35. The second kappa shape index (κ2) is 9.60. The van der Waals surface area contributed by atoms with E-state index >= 15 is 4.39 Å². The smallest absolute Gasteiger partial charge is 0.253 e. The van der Waals surface area contributed by atoms with E-state index < -0.39 is 11.6 Å². The van der Waals surface area contributed by atoms with Gasteiger partial charge in [-0.3, -0.25) is 4.79 Å². The Bertz CT molecular complexity index is 1410. The molecule has 4 aromatic rings. The van der Waals surface area contributed by atoms with Gasteiger partial charge in [-0.2, -0.15) is 0 Å². The third-order valence-corrected chi connectivity index (χ3v) is 6.60. The average molecular weight is 495 g/mol. The minimum absolute atomic E-state index is 0.0181. The van der Waals surface area contributed by atoms with Crippen molar-refractivity contribution in [1.82, 2.24) is 24.4 Å². The molecule has 4 heterocycles. The molecule has 186 valence electrons. The lowest BCUT2D eigenvalue weighted by molar-refractivity contribution is 0.0827. The first-order chi connectivity index (χ1) is 17.3. The number of halogens is 3. The highest BCUT2D eigenvalue weighted by Gasteiger charge is 2.25. The van der Waals surface area contributed by atoms with Crippen LogP contribution in [0.15, 0.2) is 49.1 Å². The van der Waals surface area contributed by atoms with Crippen molar-refractivity contribution in [3.8, 4) is 0 Å². The van der Waals surface area contributed by atoms with Gasteiger partial charge in [-0.05, 0) is 42.7 Å². The van der Waals surface area contributed by atoms with Gasteiger partial charge in [0.1, 0.15) is 29.4 Å². The summed E-state index contributed by atoms with van der Waals surface area (Å²) in [5.41, 5.74) is 1.41. The summed E-state index contributed by atoms with van der Waals surface area (Å²) in [6.07, 6.45) is 5.54. The molecule has 1 fully saturated rings. The number of anilines is 1. The number of carbonyl (C=O) groups excluding carboxylic acids is 1. The molecule has 5 rings (SSSR count). The molecule has 0 bridgehead atoms. The number of aromatic nitrogens is 4. The standard InChI is InChI=1S/C26H25F3N6O/c1-33(2)26(36)17-4-3-16(20(28)11-17)12-22-24-21(29)14-35(25(24)32-15-31-22)19-7-9-34(10-8-19)23-6-5-18(27)13-30-23/h3-6,11,13-15,19H,7-10,12H2,1-2H3. The van der Waals surface area contributed by atoms with E-state index in [4.69, 9.17) is 0 Å². The summed E-state index contributed by atoms with van der Waals surface area (Å²) < 4.78 is 45.0. The largest absolute Gasteiger partial charge is 0.356 e. The van der Waals surface area contributed by atoms with Crippen LogP contribution in [0.4, 0.5) is 19.0 Å². The molecular weight excluding hydrogens is 469 g/mol. The summed E-state index contributed by atoms with van der Waals surface area (Å²) in [5.74, 6) is -0.965. The summed E-state index contributed by atoms with van der Waals surface area (Å²) in [7, 11) is 3.20. The van der Waals surface area contributed by atoms with E-state index in [0.29, 0.717) is 35.8 Å². The molecule has 0 atom stereocenters. The van der Waals surface area contributed by atoms with Crippen LogP contribution in [0.1, 0.15) is 40.5 Å². The lowest BCUT2D eigenvalue weighted by Gasteiger charge is -2.33. The van der Waals surface area contributed by atoms with Gasteiger partial charge in [-0.25, -0.2) is 28.1 Å².